The van der Waals surface area contributed by atoms with Crippen LogP contribution >= 0.6 is 0 Å². The Kier molecular flexibility index (Phi) is 6.22. The normalized spacial score (nSPS) is 11.7. The third-order valence-electron chi connectivity index (χ3n) is 5.40. The predicted molar refractivity (Wildman–Crippen MR) is 125 cm³/mol. The van der Waals surface area contributed by atoms with Crippen LogP contribution in [0.25, 0.3) is 22.0 Å². The van der Waals surface area contributed by atoms with E-state index >= 15 is 0 Å². The van der Waals surface area contributed by atoms with Gasteiger partial charge in [0.05, 0.1) is 14.2 Å². The molecule has 1 heterocycles. The highest BCUT2D eigenvalue weighted by molar-refractivity contribution is 5.98. The van der Waals surface area contributed by atoms with Crippen LogP contribution in [-0.4, -0.2) is 37.3 Å². The van der Waals surface area contributed by atoms with Gasteiger partial charge in [-0.3, -0.25) is 0 Å². The molecule has 1 N–H and O–H groups in total. The molecule has 4 rings (SSSR count). The fourth-order valence-electron chi connectivity index (χ4n) is 3.80. The zero-order valence-electron chi connectivity index (χ0n) is 17.9. The molecule has 6 nitrogen and oxygen atoms in total. The molecule has 0 aliphatic rings. The average Bonchev–Trinajstić information content (AvgIpc) is 3.27. The molecule has 0 unspecified atom stereocenters. The minimum atomic E-state index is -0.892. The Morgan fingerprint density at radius 3 is 2.19 bits per heavy atom. The van der Waals surface area contributed by atoms with Crippen molar-refractivity contribution in [3.63, 3.8) is 0 Å². The van der Waals surface area contributed by atoms with E-state index < -0.39 is 18.1 Å². The number of amides is 1. The van der Waals surface area contributed by atoms with E-state index in [-0.39, 0.29) is 6.42 Å². The summed E-state index contributed by atoms with van der Waals surface area (Å²) < 4.78 is 10.1. The molecule has 0 saturated carbocycles. The number of ether oxygens (including phenoxy) is 2. The van der Waals surface area contributed by atoms with Gasteiger partial charge >= 0.3 is 12.1 Å². The lowest BCUT2D eigenvalue weighted by molar-refractivity contribution is -0.142. The Balaban J connectivity index is 1.75. The topological polar surface area (TPSA) is 71.6 Å². The van der Waals surface area contributed by atoms with Crippen LogP contribution in [0, 0.1) is 0 Å². The number of aromatic nitrogens is 1. The number of methoxy groups -OCH3 is 2. The van der Waals surface area contributed by atoms with Gasteiger partial charge < -0.3 is 14.5 Å². The van der Waals surface area contributed by atoms with Gasteiger partial charge in [-0.25, -0.2) is 14.5 Å². The van der Waals surface area contributed by atoms with Crippen molar-refractivity contribution in [2.45, 2.75) is 12.5 Å². The molecular formula is C26H24N2O4. The number of nitrogens with zero attached hydrogens (tertiary/aromatic N) is 1. The number of aromatic amines is 1. The Morgan fingerprint density at radius 2 is 1.53 bits per heavy atom. The smallest absolute Gasteiger partial charge is 0.415 e. The van der Waals surface area contributed by atoms with Gasteiger partial charge in [0.1, 0.15) is 11.9 Å². The van der Waals surface area contributed by atoms with E-state index in [1.807, 2.05) is 84.9 Å². The van der Waals surface area contributed by atoms with Crippen LogP contribution in [0.4, 0.5) is 10.6 Å². The maximum atomic E-state index is 12.8. The fraction of sp³-hybridized carbons (Fsp3) is 0.154. The molecule has 3 aromatic carbocycles. The zero-order chi connectivity index (χ0) is 22.5. The highest BCUT2D eigenvalue weighted by Gasteiger charge is 2.34. The maximum absolute atomic E-state index is 12.8. The Hall–Kier alpha value is -4.06. The number of benzene rings is 3. The van der Waals surface area contributed by atoms with Crippen molar-refractivity contribution in [3.8, 4) is 11.1 Å². The van der Waals surface area contributed by atoms with Crippen LogP contribution in [0.3, 0.4) is 0 Å². The number of hydrogen-bond acceptors (Lipinski definition) is 4. The Morgan fingerprint density at radius 1 is 0.844 bits per heavy atom. The van der Waals surface area contributed by atoms with Gasteiger partial charge in [-0.05, 0) is 34.9 Å². The van der Waals surface area contributed by atoms with Gasteiger partial charge in [0.2, 0.25) is 0 Å². The van der Waals surface area contributed by atoms with Crippen LogP contribution < -0.4 is 4.90 Å². The highest BCUT2D eigenvalue weighted by Crippen LogP contribution is 2.29. The maximum Gasteiger partial charge on any atom is 0.415 e. The average molecular weight is 428 g/mol. The van der Waals surface area contributed by atoms with E-state index in [1.54, 1.807) is 0 Å². The number of H-pyrrole nitrogens is 1. The summed E-state index contributed by atoms with van der Waals surface area (Å²) in [4.78, 5) is 30.1. The summed E-state index contributed by atoms with van der Waals surface area (Å²) in [5.41, 5.74) is 3.90. The molecule has 162 valence electrons. The molecular weight excluding hydrogens is 404 g/mol. The van der Waals surface area contributed by atoms with Crippen molar-refractivity contribution in [2.24, 2.45) is 0 Å². The molecule has 0 spiro atoms. The summed E-state index contributed by atoms with van der Waals surface area (Å²) in [5.74, 6) is -0.0636. The van der Waals surface area contributed by atoms with Gasteiger partial charge in [0, 0.05) is 17.3 Å². The summed E-state index contributed by atoms with van der Waals surface area (Å²) in [5, 5.41) is 0.915. The van der Waals surface area contributed by atoms with Crippen molar-refractivity contribution >= 4 is 28.8 Å². The minimum absolute atomic E-state index is 0.285. The van der Waals surface area contributed by atoms with Crippen LogP contribution in [0.1, 0.15) is 5.56 Å². The van der Waals surface area contributed by atoms with Crippen molar-refractivity contribution in [2.75, 3.05) is 19.1 Å². The molecule has 0 fully saturated rings. The molecule has 0 aliphatic heterocycles. The summed E-state index contributed by atoms with van der Waals surface area (Å²) in [6.45, 7) is 0. The first-order valence-corrected chi connectivity index (χ1v) is 10.3. The molecule has 1 amide bonds. The number of esters is 1. The third-order valence-corrected chi connectivity index (χ3v) is 5.40. The lowest BCUT2D eigenvalue weighted by Gasteiger charge is -2.27. The summed E-state index contributed by atoms with van der Waals surface area (Å²) in [7, 11) is 2.61. The number of rotatable bonds is 6. The first-order chi connectivity index (χ1) is 15.6. The quantitative estimate of drug-likeness (QED) is 0.429. The van der Waals surface area contributed by atoms with E-state index in [4.69, 9.17) is 9.47 Å². The van der Waals surface area contributed by atoms with Crippen LogP contribution in [-0.2, 0) is 20.7 Å². The number of carbonyl (C=O) groups excluding carboxylic acids is 2. The number of nitrogens with one attached hydrogen (secondary N) is 1. The standard InChI is InChI=1S/C26H24N2O4/c1-31-25(29)23(15-18-9-5-3-6-10-18)28(26(30)32-2)24-17-21-16-20(13-14-22(21)27-24)19-11-7-4-8-12-19/h3-14,16-17,23,27H,15H2,1-2H3/t23-/m1/s1. The molecule has 1 aromatic heterocycles. The molecule has 1 atom stereocenters. The summed E-state index contributed by atoms with van der Waals surface area (Å²) in [6, 6.07) is 26.5. The lowest BCUT2D eigenvalue weighted by atomic mass is 10.0. The van der Waals surface area contributed by atoms with Gasteiger partial charge in [0.25, 0.3) is 0 Å². The van der Waals surface area contributed by atoms with Crippen molar-refractivity contribution in [3.05, 3.63) is 90.5 Å². The number of carbonyl (C=O) groups is 2. The molecule has 0 saturated heterocycles. The van der Waals surface area contributed by atoms with E-state index in [0.717, 1.165) is 27.6 Å². The number of hydrogen-bond donors (Lipinski definition) is 1. The summed E-state index contributed by atoms with van der Waals surface area (Å²) >= 11 is 0. The second kappa shape index (κ2) is 9.39. The SMILES string of the molecule is COC(=O)[C@@H](Cc1ccccc1)N(C(=O)OC)c1cc2cc(-c3ccccc3)ccc2[nH]1. The molecule has 0 radical (unpaired) electrons. The third kappa shape index (κ3) is 4.34. The Bertz CT molecular complexity index is 1220. The number of fused-ring (bicyclic) bond motifs is 1. The van der Waals surface area contributed by atoms with Crippen molar-refractivity contribution in [1.82, 2.24) is 4.98 Å². The monoisotopic (exact) mass is 428 g/mol. The fourth-order valence-corrected chi connectivity index (χ4v) is 3.80. The molecule has 0 bridgehead atoms. The minimum Gasteiger partial charge on any atom is -0.467 e. The zero-order valence-corrected chi connectivity index (χ0v) is 17.9. The second-order valence-electron chi connectivity index (χ2n) is 7.39. The van der Waals surface area contributed by atoms with Gasteiger partial charge in [0.15, 0.2) is 0 Å². The van der Waals surface area contributed by atoms with Crippen LogP contribution in [0.2, 0.25) is 0 Å². The predicted octanol–water partition coefficient (Wildman–Crippen LogP) is 5.19. The second-order valence-corrected chi connectivity index (χ2v) is 7.39. The first-order valence-electron chi connectivity index (χ1n) is 10.3. The van der Waals surface area contributed by atoms with E-state index in [1.165, 1.54) is 19.1 Å². The van der Waals surface area contributed by atoms with E-state index in [9.17, 15) is 9.59 Å². The molecule has 32 heavy (non-hydrogen) atoms. The molecule has 0 aliphatic carbocycles. The van der Waals surface area contributed by atoms with E-state index in [0.29, 0.717) is 5.82 Å². The van der Waals surface area contributed by atoms with Gasteiger partial charge in [-0.2, -0.15) is 0 Å². The van der Waals surface area contributed by atoms with Crippen molar-refractivity contribution < 1.29 is 19.1 Å². The molecule has 6 heteroatoms. The lowest BCUT2D eigenvalue weighted by Crippen LogP contribution is -2.47. The van der Waals surface area contributed by atoms with E-state index in [2.05, 4.69) is 4.98 Å². The Labute approximate surface area is 186 Å². The van der Waals surface area contributed by atoms with Gasteiger partial charge in [-0.1, -0.05) is 66.7 Å². The van der Waals surface area contributed by atoms with Crippen LogP contribution in [0.5, 0.6) is 0 Å². The molecule has 4 aromatic rings. The largest absolute Gasteiger partial charge is 0.467 e. The van der Waals surface area contributed by atoms with Gasteiger partial charge in [-0.15, -0.1) is 0 Å². The highest BCUT2D eigenvalue weighted by atomic mass is 16.5. The first kappa shape index (κ1) is 21.2. The number of anilines is 1. The van der Waals surface area contributed by atoms with Crippen molar-refractivity contribution in [1.29, 1.82) is 0 Å². The van der Waals surface area contributed by atoms with Crippen LogP contribution in [0.15, 0.2) is 84.9 Å². The summed E-state index contributed by atoms with van der Waals surface area (Å²) in [6.07, 6.45) is -0.362.